The molecule has 0 spiro atoms. The molecule has 1 unspecified atom stereocenters. The highest BCUT2D eigenvalue weighted by molar-refractivity contribution is 5.96. The number of ether oxygens (including phenoxy) is 2. The molecule has 1 amide bonds. The Hall–Kier alpha value is -3.08. The average Bonchev–Trinajstić information content (AvgIpc) is 2.71. The number of amides is 1. The van der Waals surface area contributed by atoms with Crippen LogP contribution in [0.25, 0.3) is 0 Å². The first kappa shape index (κ1) is 21.6. The zero-order valence-corrected chi connectivity index (χ0v) is 18.3. The van der Waals surface area contributed by atoms with Gasteiger partial charge in [-0.15, -0.1) is 0 Å². The summed E-state index contributed by atoms with van der Waals surface area (Å²) in [5.41, 5.74) is 4.22. The molecule has 0 fully saturated rings. The van der Waals surface area contributed by atoms with E-state index in [0.717, 1.165) is 16.7 Å². The van der Waals surface area contributed by atoms with Gasteiger partial charge in [0.1, 0.15) is 5.75 Å². The number of carbonyl (C=O) groups is 2. The Bertz CT molecular complexity index is 959. The van der Waals surface area contributed by atoms with Gasteiger partial charge in [0, 0.05) is 18.0 Å². The van der Waals surface area contributed by atoms with Gasteiger partial charge in [0.25, 0.3) is 0 Å². The van der Waals surface area contributed by atoms with Gasteiger partial charge in [0.2, 0.25) is 5.91 Å². The Labute approximate surface area is 178 Å². The largest absolute Gasteiger partial charge is 0.497 e. The molecule has 0 saturated carbocycles. The molecule has 0 radical (unpaired) electrons. The van der Waals surface area contributed by atoms with Crippen LogP contribution in [0.15, 0.2) is 59.8 Å². The third-order valence-electron chi connectivity index (χ3n) is 5.34. The molecule has 5 nitrogen and oxygen atoms in total. The van der Waals surface area contributed by atoms with Crippen molar-refractivity contribution in [2.24, 2.45) is 0 Å². The predicted octanol–water partition coefficient (Wildman–Crippen LogP) is 4.75. The summed E-state index contributed by atoms with van der Waals surface area (Å²) in [6.07, 6.45) is -0.0363. The maximum atomic E-state index is 13.1. The minimum absolute atomic E-state index is 0.0120. The van der Waals surface area contributed by atoms with Crippen LogP contribution in [0.1, 0.15) is 49.8 Å². The number of esters is 1. The SMILES string of the molecule is COc1cccc(C2CC(=O)N(Cc3ccc(C)cc3)C(C)=C2C(=O)OC(C)C)c1. The lowest BCUT2D eigenvalue weighted by molar-refractivity contribution is -0.143. The summed E-state index contributed by atoms with van der Waals surface area (Å²) in [6.45, 7) is 7.93. The van der Waals surface area contributed by atoms with E-state index < -0.39 is 0 Å². The molecule has 1 aliphatic rings. The number of benzene rings is 2. The third-order valence-corrected chi connectivity index (χ3v) is 5.34. The Kier molecular flexibility index (Phi) is 6.60. The van der Waals surface area contributed by atoms with Gasteiger partial charge in [-0.1, -0.05) is 42.0 Å². The first-order valence-corrected chi connectivity index (χ1v) is 10.2. The minimum atomic E-state index is -0.378. The summed E-state index contributed by atoms with van der Waals surface area (Å²) in [6, 6.07) is 15.6. The molecule has 0 aromatic heterocycles. The maximum Gasteiger partial charge on any atom is 0.336 e. The van der Waals surface area contributed by atoms with Crippen molar-refractivity contribution in [3.63, 3.8) is 0 Å². The molecular weight excluding hydrogens is 378 g/mol. The molecule has 1 heterocycles. The molecule has 30 heavy (non-hydrogen) atoms. The van der Waals surface area contributed by atoms with Crippen molar-refractivity contribution in [2.45, 2.75) is 52.7 Å². The second kappa shape index (κ2) is 9.16. The Balaban J connectivity index is 2.03. The van der Waals surface area contributed by atoms with Crippen LogP contribution in [-0.4, -0.2) is 30.0 Å². The number of rotatable bonds is 6. The van der Waals surface area contributed by atoms with Crippen molar-refractivity contribution >= 4 is 11.9 Å². The molecule has 1 atom stereocenters. The number of methoxy groups -OCH3 is 1. The van der Waals surface area contributed by atoms with Crippen molar-refractivity contribution in [1.29, 1.82) is 0 Å². The van der Waals surface area contributed by atoms with Gasteiger partial charge >= 0.3 is 5.97 Å². The van der Waals surface area contributed by atoms with E-state index in [0.29, 0.717) is 23.6 Å². The molecule has 0 N–H and O–H groups in total. The van der Waals surface area contributed by atoms with Gasteiger partial charge in [-0.25, -0.2) is 4.79 Å². The molecule has 0 bridgehead atoms. The van der Waals surface area contributed by atoms with Crippen LogP contribution < -0.4 is 4.74 Å². The average molecular weight is 408 g/mol. The zero-order valence-electron chi connectivity index (χ0n) is 18.3. The second-order valence-corrected chi connectivity index (χ2v) is 7.95. The predicted molar refractivity (Wildman–Crippen MR) is 116 cm³/mol. The molecular formula is C25H29NO4. The number of nitrogens with zero attached hydrogens (tertiary/aromatic N) is 1. The first-order chi connectivity index (χ1) is 14.3. The molecule has 158 valence electrons. The highest BCUT2D eigenvalue weighted by Crippen LogP contribution is 2.38. The van der Waals surface area contributed by atoms with E-state index in [-0.39, 0.29) is 30.3 Å². The normalized spacial score (nSPS) is 16.8. The topological polar surface area (TPSA) is 55.8 Å². The summed E-state index contributed by atoms with van der Waals surface area (Å²) in [5, 5.41) is 0. The number of allylic oxidation sites excluding steroid dienone is 1. The summed E-state index contributed by atoms with van der Waals surface area (Å²) in [4.78, 5) is 27.9. The zero-order chi connectivity index (χ0) is 21.8. The van der Waals surface area contributed by atoms with Gasteiger partial charge in [-0.2, -0.15) is 0 Å². The van der Waals surface area contributed by atoms with E-state index in [2.05, 4.69) is 0 Å². The van der Waals surface area contributed by atoms with E-state index >= 15 is 0 Å². The summed E-state index contributed by atoms with van der Waals surface area (Å²) in [5.74, 6) is -0.0666. The number of aryl methyl sites for hydroxylation is 1. The smallest absolute Gasteiger partial charge is 0.336 e. The van der Waals surface area contributed by atoms with E-state index in [9.17, 15) is 9.59 Å². The Morgan fingerprint density at radius 2 is 1.83 bits per heavy atom. The van der Waals surface area contributed by atoms with Crippen LogP contribution in [0.5, 0.6) is 5.75 Å². The van der Waals surface area contributed by atoms with Gasteiger partial charge < -0.3 is 14.4 Å². The van der Waals surface area contributed by atoms with Crippen LogP contribution in [0.4, 0.5) is 0 Å². The number of hydrogen-bond acceptors (Lipinski definition) is 4. The molecule has 3 rings (SSSR count). The molecule has 0 saturated heterocycles. The molecule has 2 aromatic rings. The highest BCUT2D eigenvalue weighted by Gasteiger charge is 2.37. The summed E-state index contributed by atoms with van der Waals surface area (Å²) >= 11 is 0. The molecule has 1 aliphatic heterocycles. The van der Waals surface area contributed by atoms with Crippen molar-refractivity contribution in [3.05, 3.63) is 76.5 Å². The standard InChI is InChI=1S/C25H29NO4/c1-16(2)30-25(28)24-18(4)26(15-19-11-9-17(3)10-12-19)23(27)14-22(24)20-7-6-8-21(13-20)29-5/h6-13,16,22H,14-15H2,1-5H3. The van der Waals surface area contributed by atoms with Crippen molar-refractivity contribution in [1.82, 2.24) is 4.90 Å². The first-order valence-electron chi connectivity index (χ1n) is 10.2. The minimum Gasteiger partial charge on any atom is -0.497 e. The quantitative estimate of drug-likeness (QED) is 0.649. The lowest BCUT2D eigenvalue weighted by Gasteiger charge is -2.35. The number of carbonyl (C=O) groups excluding carboxylic acids is 2. The van der Waals surface area contributed by atoms with Gasteiger partial charge in [0.05, 0.1) is 25.3 Å². The fourth-order valence-electron chi connectivity index (χ4n) is 3.76. The van der Waals surface area contributed by atoms with E-state index in [1.54, 1.807) is 12.0 Å². The van der Waals surface area contributed by atoms with Crippen LogP contribution in [0, 0.1) is 6.92 Å². The monoisotopic (exact) mass is 407 g/mol. The lowest BCUT2D eigenvalue weighted by atomic mass is 9.83. The fourth-order valence-corrected chi connectivity index (χ4v) is 3.76. The second-order valence-electron chi connectivity index (χ2n) is 7.95. The fraction of sp³-hybridized carbons (Fsp3) is 0.360. The lowest BCUT2D eigenvalue weighted by Crippen LogP contribution is -2.38. The van der Waals surface area contributed by atoms with Crippen molar-refractivity contribution < 1.29 is 19.1 Å². The van der Waals surface area contributed by atoms with Crippen molar-refractivity contribution in [2.75, 3.05) is 7.11 Å². The highest BCUT2D eigenvalue weighted by atomic mass is 16.5. The van der Waals surface area contributed by atoms with Crippen molar-refractivity contribution in [3.8, 4) is 5.75 Å². The van der Waals surface area contributed by atoms with E-state index in [4.69, 9.17) is 9.47 Å². The van der Waals surface area contributed by atoms with Crippen LogP contribution in [0.2, 0.25) is 0 Å². The molecule has 0 aliphatic carbocycles. The van der Waals surface area contributed by atoms with E-state index in [1.807, 2.05) is 76.2 Å². The molecule has 2 aromatic carbocycles. The molecule has 5 heteroatoms. The van der Waals surface area contributed by atoms with Gasteiger partial charge in [-0.05, 0) is 51.0 Å². The third kappa shape index (κ3) is 4.73. The number of hydrogen-bond donors (Lipinski definition) is 0. The summed E-state index contributed by atoms with van der Waals surface area (Å²) < 4.78 is 10.9. The van der Waals surface area contributed by atoms with E-state index in [1.165, 1.54) is 0 Å². The summed E-state index contributed by atoms with van der Waals surface area (Å²) in [7, 11) is 1.60. The maximum absolute atomic E-state index is 13.1. The Morgan fingerprint density at radius 1 is 1.13 bits per heavy atom. The Morgan fingerprint density at radius 3 is 2.47 bits per heavy atom. The van der Waals surface area contributed by atoms with Crippen LogP contribution in [0.3, 0.4) is 0 Å². The van der Waals surface area contributed by atoms with Gasteiger partial charge in [-0.3, -0.25) is 4.79 Å². The van der Waals surface area contributed by atoms with Crippen LogP contribution >= 0.6 is 0 Å². The van der Waals surface area contributed by atoms with Gasteiger partial charge in [0.15, 0.2) is 0 Å². The van der Waals surface area contributed by atoms with Crippen LogP contribution in [-0.2, 0) is 20.9 Å².